The van der Waals surface area contributed by atoms with E-state index in [1.54, 1.807) is 31.2 Å². The highest BCUT2D eigenvalue weighted by Crippen LogP contribution is 2.24. The Morgan fingerprint density at radius 3 is 2.54 bits per heavy atom. The van der Waals surface area contributed by atoms with E-state index < -0.39 is 10.8 Å². The second-order valence-electron chi connectivity index (χ2n) is 5.15. The molecule has 2 amide bonds. The molecule has 0 atom stereocenters. The highest BCUT2D eigenvalue weighted by Gasteiger charge is 2.12. The van der Waals surface area contributed by atoms with Gasteiger partial charge in [-0.2, -0.15) is 5.10 Å². The number of nitro benzene ring substituents is 1. The van der Waals surface area contributed by atoms with Gasteiger partial charge in [0.1, 0.15) is 5.02 Å². The van der Waals surface area contributed by atoms with E-state index in [9.17, 15) is 19.7 Å². The Bertz CT molecular complexity index is 866. The molecule has 0 saturated heterocycles. The van der Waals surface area contributed by atoms with Gasteiger partial charge < -0.3 is 5.32 Å². The summed E-state index contributed by atoms with van der Waals surface area (Å²) in [6.45, 7) is 1.74. The molecule has 2 N–H and O–H groups in total. The zero-order valence-electron chi connectivity index (χ0n) is 13.7. The molecule has 134 valence electrons. The monoisotopic (exact) mass is 374 g/mol. The van der Waals surface area contributed by atoms with Crippen molar-refractivity contribution < 1.29 is 14.5 Å². The van der Waals surface area contributed by atoms with E-state index in [1.807, 2.05) is 0 Å². The number of anilines is 1. The van der Waals surface area contributed by atoms with Gasteiger partial charge in [-0.15, -0.1) is 0 Å². The largest absolute Gasteiger partial charge is 0.326 e. The molecule has 0 aliphatic rings. The van der Waals surface area contributed by atoms with E-state index in [1.165, 1.54) is 24.4 Å². The van der Waals surface area contributed by atoms with Crippen molar-refractivity contribution >= 4 is 41.0 Å². The third kappa shape index (κ3) is 5.12. The maximum atomic E-state index is 12.0. The van der Waals surface area contributed by atoms with E-state index in [0.29, 0.717) is 23.2 Å². The summed E-state index contributed by atoms with van der Waals surface area (Å²) in [5, 5.41) is 17.3. The van der Waals surface area contributed by atoms with Crippen LogP contribution in [0.2, 0.25) is 5.02 Å². The SMILES string of the molecule is CCC(=O)Nc1ccc(C(=O)NN=Cc2ccc(Cl)c([N+](=O)[O-])c2)cc1. The first-order valence-electron chi connectivity index (χ1n) is 7.58. The van der Waals surface area contributed by atoms with Crippen molar-refractivity contribution in [3.05, 3.63) is 68.7 Å². The van der Waals surface area contributed by atoms with Crippen LogP contribution in [0.25, 0.3) is 0 Å². The van der Waals surface area contributed by atoms with Crippen molar-refractivity contribution in [1.29, 1.82) is 0 Å². The van der Waals surface area contributed by atoms with E-state index in [2.05, 4.69) is 15.8 Å². The highest BCUT2D eigenvalue weighted by molar-refractivity contribution is 6.32. The average molecular weight is 375 g/mol. The summed E-state index contributed by atoms with van der Waals surface area (Å²) in [6.07, 6.45) is 1.64. The standard InChI is InChI=1S/C17H15ClN4O4/c1-2-16(23)20-13-6-4-12(5-7-13)17(24)21-19-10-11-3-8-14(18)15(9-11)22(25)26/h3-10H,2H2,1H3,(H,20,23)(H,21,24). The van der Waals surface area contributed by atoms with E-state index in [0.717, 1.165) is 0 Å². The minimum atomic E-state index is -0.600. The molecule has 2 rings (SSSR count). The van der Waals surface area contributed by atoms with Gasteiger partial charge in [-0.1, -0.05) is 24.6 Å². The second-order valence-corrected chi connectivity index (χ2v) is 5.55. The van der Waals surface area contributed by atoms with Gasteiger partial charge in [0, 0.05) is 29.3 Å². The fourth-order valence-electron chi connectivity index (χ4n) is 1.93. The Balaban J connectivity index is 2.00. The number of hydrazone groups is 1. The number of halogens is 1. The Kier molecular flexibility index (Phi) is 6.40. The number of carbonyl (C=O) groups is 2. The van der Waals surface area contributed by atoms with E-state index in [-0.39, 0.29) is 16.6 Å². The second kappa shape index (κ2) is 8.72. The Morgan fingerprint density at radius 1 is 1.23 bits per heavy atom. The van der Waals surface area contributed by atoms with E-state index in [4.69, 9.17) is 11.6 Å². The zero-order chi connectivity index (χ0) is 19.1. The van der Waals surface area contributed by atoms with Gasteiger partial charge in [-0.25, -0.2) is 5.43 Å². The molecule has 26 heavy (non-hydrogen) atoms. The summed E-state index contributed by atoms with van der Waals surface area (Å²) in [5.41, 5.74) is 3.43. The molecule has 0 aliphatic carbocycles. The number of nitro groups is 1. The fourth-order valence-corrected chi connectivity index (χ4v) is 2.12. The first-order valence-corrected chi connectivity index (χ1v) is 7.95. The summed E-state index contributed by atoms with van der Waals surface area (Å²) in [6, 6.07) is 10.5. The molecular formula is C17H15ClN4O4. The average Bonchev–Trinajstić information content (AvgIpc) is 2.63. The van der Waals surface area contributed by atoms with Gasteiger partial charge in [-0.05, 0) is 30.3 Å². The van der Waals surface area contributed by atoms with Crippen LogP contribution >= 0.6 is 11.6 Å². The van der Waals surface area contributed by atoms with Crippen LogP contribution in [-0.2, 0) is 4.79 Å². The third-order valence-electron chi connectivity index (χ3n) is 3.30. The molecule has 9 heteroatoms. The Hall–Kier alpha value is -3.26. The molecule has 0 saturated carbocycles. The van der Waals surface area contributed by atoms with Crippen LogP contribution in [0.15, 0.2) is 47.6 Å². The molecule has 0 bridgehead atoms. The molecule has 2 aromatic carbocycles. The van der Waals surface area contributed by atoms with Gasteiger partial charge in [0.05, 0.1) is 11.1 Å². The smallest absolute Gasteiger partial charge is 0.288 e. The number of nitrogens with one attached hydrogen (secondary N) is 2. The number of nitrogens with zero attached hydrogens (tertiary/aromatic N) is 2. The van der Waals surface area contributed by atoms with Crippen LogP contribution in [-0.4, -0.2) is 23.0 Å². The van der Waals surface area contributed by atoms with Crippen LogP contribution in [0, 0.1) is 10.1 Å². The van der Waals surface area contributed by atoms with Crippen molar-refractivity contribution in [3.8, 4) is 0 Å². The maximum absolute atomic E-state index is 12.0. The molecular weight excluding hydrogens is 360 g/mol. The highest BCUT2D eigenvalue weighted by atomic mass is 35.5. The summed E-state index contributed by atoms with van der Waals surface area (Å²) < 4.78 is 0. The predicted octanol–water partition coefficient (Wildman–Crippen LogP) is 3.36. The third-order valence-corrected chi connectivity index (χ3v) is 3.62. The number of rotatable bonds is 6. The van der Waals surface area contributed by atoms with Crippen molar-refractivity contribution in [1.82, 2.24) is 5.43 Å². The molecule has 0 spiro atoms. The van der Waals surface area contributed by atoms with Crippen LogP contribution in [0.4, 0.5) is 11.4 Å². The van der Waals surface area contributed by atoms with E-state index >= 15 is 0 Å². The quantitative estimate of drug-likeness (QED) is 0.458. The number of carbonyl (C=O) groups excluding carboxylic acids is 2. The summed E-state index contributed by atoms with van der Waals surface area (Å²) in [5.74, 6) is -0.582. The summed E-state index contributed by atoms with van der Waals surface area (Å²) in [7, 11) is 0. The molecule has 0 heterocycles. The van der Waals surface area contributed by atoms with Crippen molar-refractivity contribution in [3.63, 3.8) is 0 Å². The molecule has 0 aliphatic heterocycles. The number of hydrogen-bond donors (Lipinski definition) is 2. The van der Waals surface area contributed by atoms with Crippen LogP contribution < -0.4 is 10.7 Å². The topological polar surface area (TPSA) is 114 Å². The fraction of sp³-hybridized carbons (Fsp3) is 0.118. The first-order chi connectivity index (χ1) is 12.4. The Labute approximate surface area is 154 Å². The lowest BCUT2D eigenvalue weighted by molar-refractivity contribution is -0.384. The van der Waals surface area contributed by atoms with Crippen LogP contribution in [0.3, 0.4) is 0 Å². The Morgan fingerprint density at radius 2 is 1.92 bits per heavy atom. The van der Waals surface area contributed by atoms with Gasteiger partial charge in [0.2, 0.25) is 5.91 Å². The van der Waals surface area contributed by atoms with Crippen molar-refractivity contribution in [2.45, 2.75) is 13.3 Å². The van der Waals surface area contributed by atoms with Gasteiger partial charge in [0.25, 0.3) is 11.6 Å². The molecule has 2 aromatic rings. The van der Waals surface area contributed by atoms with Crippen molar-refractivity contribution in [2.75, 3.05) is 5.32 Å². The van der Waals surface area contributed by atoms with Crippen LogP contribution in [0.5, 0.6) is 0 Å². The summed E-state index contributed by atoms with van der Waals surface area (Å²) in [4.78, 5) is 33.6. The van der Waals surface area contributed by atoms with Gasteiger partial charge in [0.15, 0.2) is 0 Å². The van der Waals surface area contributed by atoms with Gasteiger partial charge >= 0.3 is 0 Å². The number of benzene rings is 2. The zero-order valence-corrected chi connectivity index (χ0v) is 14.5. The van der Waals surface area contributed by atoms with Crippen molar-refractivity contribution in [2.24, 2.45) is 5.10 Å². The normalized spacial score (nSPS) is 10.5. The predicted molar refractivity (Wildman–Crippen MR) is 98.5 cm³/mol. The minimum absolute atomic E-state index is 0.0199. The molecule has 0 fully saturated rings. The lowest BCUT2D eigenvalue weighted by Gasteiger charge is -2.04. The summed E-state index contributed by atoms with van der Waals surface area (Å²) >= 11 is 5.73. The van der Waals surface area contributed by atoms with Crippen LogP contribution in [0.1, 0.15) is 29.3 Å². The molecule has 0 aromatic heterocycles. The lowest BCUT2D eigenvalue weighted by Crippen LogP contribution is -2.17. The first kappa shape index (κ1) is 19.1. The molecule has 0 unspecified atom stereocenters. The number of hydrogen-bond acceptors (Lipinski definition) is 5. The maximum Gasteiger partial charge on any atom is 0.288 e. The lowest BCUT2D eigenvalue weighted by atomic mass is 10.2. The molecule has 8 nitrogen and oxygen atoms in total. The minimum Gasteiger partial charge on any atom is -0.326 e. The molecule has 0 radical (unpaired) electrons. The number of amides is 2. The van der Waals surface area contributed by atoms with Gasteiger partial charge in [-0.3, -0.25) is 19.7 Å².